The molecular formula is C31H35Cl2N3O5S. The number of amides is 2. The van der Waals surface area contributed by atoms with Gasteiger partial charge in [0.15, 0.2) is 6.61 Å². The third kappa shape index (κ3) is 6.69. The van der Waals surface area contributed by atoms with Crippen LogP contribution in [-0.4, -0.2) is 51.4 Å². The Hall–Kier alpha value is -3.27. The maximum Gasteiger partial charge on any atom is 0.264 e. The molecule has 1 fully saturated rings. The molecule has 8 nitrogen and oxygen atoms in total. The number of rotatable bonds is 8. The Bertz CT molecular complexity index is 1580. The van der Waals surface area contributed by atoms with Crippen molar-refractivity contribution in [3.05, 3.63) is 80.8 Å². The molecule has 0 aromatic heterocycles. The van der Waals surface area contributed by atoms with Crippen molar-refractivity contribution < 1.29 is 22.7 Å². The minimum absolute atomic E-state index is 0.268. The summed E-state index contributed by atoms with van der Waals surface area (Å²) in [4.78, 5) is 28.1. The largest absolute Gasteiger partial charge is 0.484 e. The molecule has 4 rings (SSSR count). The summed E-state index contributed by atoms with van der Waals surface area (Å²) < 4.78 is 34.2. The molecule has 2 amide bonds. The van der Waals surface area contributed by atoms with E-state index in [2.05, 4.69) is 5.32 Å². The van der Waals surface area contributed by atoms with Crippen LogP contribution in [0.5, 0.6) is 5.75 Å². The number of aryl methyl sites for hydroxylation is 2. The van der Waals surface area contributed by atoms with E-state index in [1.165, 1.54) is 16.3 Å². The Morgan fingerprint density at radius 3 is 2.26 bits per heavy atom. The van der Waals surface area contributed by atoms with Crippen molar-refractivity contribution in [3.63, 3.8) is 0 Å². The van der Waals surface area contributed by atoms with Gasteiger partial charge in [-0.25, -0.2) is 8.42 Å². The molecular weight excluding hydrogens is 597 g/mol. The summed E-state index contributed by atoms with van der Waals surface area (Å²) in [7, 11) is -2.30. The molecule has 1 atom stereocenters. The SMILES string of the molecule is Cc1cc(C)c(C)c(S(=O)(=O)N(C)c2ccc(OCC(=O)N3CCCCC3C(=O)Nc3cc(Cl)ccc3Cl)cc2)c1C. The fourth-order valence-electron chi connectivity index (χ4n) is 5.14. The van der Waals surface area contributed by atoms with Crippen molar-refractivity contribution >= 4 is 56.4 Å². The van der Waals surface area contributed by atoms with E-state index in [4.69, 9.17) is 27.9 Å². The van der Waals surface area contributed by atoms with E-state index >= 15 is 0 Å². The number of hydrogen-bond donors (Lipinski definition) is 1. The van der Waals surface area contributed by atoms with Gasteiger partial charge in [0.05, 0.1) is 21.3 Å². The van der Waals surface area contributed by atoms with E-state index in [9.17, 15) is 18.0 Å². The van der Waals surface area contributed by atoms with E-state index in [0.29, 0.717) is 45.0 Å². The summed E-state index contributed by atoms with van der Waals surface area (Å²) >= 11 is 12.2. The third-order valence-corrected chi connectivity index (χ3v) is 10.4. The maximum atomic E-state index is 13.6. The molecule has 1 aliphatic heterocycles. The first-order valence-corrected chi connectivity index (χ1v) is 15.9. The van der Waals surface area contributed by atoms with Gasteiger partial charge < -0.3 is 15.0 Å². The van der Waals surface area contributed by atoms with E-state index in [-0.39, 0.29) is 18.4 Å². The molecule has 3 aromatic carbocycles. The molecule has 11 heteroatoms. The number of carbonyl (C=O) groups is 2. The van der Waals surface area contributed by atoms with Crippen molar-refractivity contribution in [2.24, 2.45) is 0 Å². The summed E-state index contributed by atoms with van der Waals surface area (Å²) in [6, 6.07) is 12.6. The summed E-state index contributed by atoms with van der Waals surface area (Å²) in [6.45, 7) is 7.61. The molecule has 1 unspecified atom stereocenters. The zero-order chi connectivity index (χ0) is 30.8. The topological polar surface area (TPSA) is 96.0 Å². The molecule has 0 spiro atoms. The van der Waals surface area contributed by atoms with E-state index in [1.54, 1.807) is 42.5 Å². The second-order valence-corrected chi connectivity index (χ2v) is 13.3. The Morgan fingerprint density at radius 2 is 1.62 bits per heavy atom. The molecule has 3 aromatic rings. The molecule has 224 valence electrons. The number of ether oxygens (including phenoxy) is 1. The van der Waals surface area contributed by atoms with Crippen LogP contribution in [0.3, 0.4) is 0 Å². The fraction of sp³-hybridized carbons (Fsp3) is 0.355. The number of nitrogens with zero attached hydrogens (tertiary/aromatic N) is 2. The van der Waals surface area contributed by atoms with Gasteiger partial charge >= 0.3 is 0 Å². The average molecular weight is 633 g/mol. The van der Waals surface area contributed by atoms with Gasteiger partial charge in [-0.3, -0.25) is 13.9 Å². The van der Waals surface area contributed by atoms with Crippen LogP contribution in [-0.2, 0) is 19.6 Å². The Kier molecular flexibility index (Phi) is 9.75. The normalized spacial score (nSPS) is 15.3. The number of benzene rings is 3. The monoisotopic (exact) mass is 631 g/mol. The molecule has 1 N–H and O–H groups in total. The summed E-state index contributed by atoms with van der Waals surface area (Å²) in [6.07, 6.45) is 2.11. The molecule has 0 radical (unpaired) electrons. The first-order chi connectivity index (χ1) is 19.8. The summed E-state index contributed by atoms with van der Waals surface area (Å²) in [5, 5.41) is 3.58. The summed E-state index contributed by atoms with van der Waals surface area (Å²) in [5.41, 5.74) is 4.13. The second-order valence-electron chi connectivity index (χ2n) is 10.6. The van der Waals surface area contributed by atoms with Crippen LogP contribution in [0.15, 0.2) is 53.4 Å². The third-order valence-electron chi connectivity index (χ3n) is 7.79. The first-order valence-electron chi connectivity index (χ1n) is 13.7. The van der Waals surface area contributed by atoms with Gasteiger partial charge in [0.1, 0.15) is 11.8 Å². The van der Waals surface area contributed by atoms with Crippen LogP contribution in [0.1, 0.15) is 41.5 Å². The van der Waals surface area contributed by atoms with Crippen LogP contribution in [0.2, 0.25) is 10.0 Å². The number of sulfonamides is 1. The Balaban J connectivity index is 1.42. The van der Waals surface area contributed by atoms with Crippen LogP contribution in [0.25, 0.3) is 0 Å². The van der Waals surface area contributed by atoms with Crippen LogP contribution < -0.4 is 14.4 Å². The molecule has 1 saturated heterocycles. The van der Waals surface area contributed by atoms with Crippen LogP contribution in [0.4, 0.5) is 11.4 Å². The van der Waals surface area contributed by atoms with Crippen molar-refractivity contribution in [2.75, 3.05) is 29.8 Å². The molecule has 42 heavy (non-hydrogen) atoms. The van der Waals surface area contributed by atoms with Gasteiger partial charge in [-0.1, -0.05) is 29.3 Å². The number of hydrogen-bond acceptors (Lipinski definition) is 5. The van der Waals surface area contributed by atoms with Gasteiger partial charge in [-0.2, -0.15) is 0 Å². The lowest BCUT2D eigenvalue weighted by Crippen LogP contribution is -2.51. The first kappa shape index (κ1) is 31.7. The van der Waals surface area contributed by atoms with Crippen molar-refractivity contribution in [1.29, 1.82) is 0 Å². The number of carbonyl (C=O) groups excluding carboxylic acids is 2. The smallest absolute Gasteiger partial charge is 0.264 e. The highest BCUT2D eigenvalue weighted by Crippen LogP contribution is 2.32. The molecule has 0 aliphatic carbocycles. The number of anilines is 2. The van der Waals surface area contributed by atoms with Gasteiger partial charge in [0, 0.05) is 18.6 Å². The second kappa shape index (κ2) is 12.9. The Morgan fingerprint density at radius 1 is 0.976 bits per heavy atom. The summed E-state index contributed by atoms with van der Waals surface area (Å²) in [5.74, 6) is -0.257. The number of halogens is 2. The standard InChI is InChI=1S/C31H35Cl2N3O5S/c1-19-16-20(2)22(4)30(21(19)3)42(39,40)35(5)24-10-12-25(13-11-24)41-18-29(37)36-15-7-6-8-28(36)31(38)34-27-17-23(32)9-14-26(27)33/h9-14,16-17,28H,6-8,15,18H2,1-5H3,(H,34,38). The quantitative estimate of drug-likeness (QED) is 0.308. The Labute approximate surface area is 257 Å². The number of nitrogens with one attached hydrogen (secondary N) is 1. The van der Waals surface area contributed by atoms with Crippen molar-refractivity contribution in [3.8, 4) is 5.75 Å². The van der Waals surface area contributed by atoms with E-state index in [0.717, 1.165) is 35.1 Å². The molecule has 1 heterocycles. The van der Waals surface area contributed by atoms with Crippen molar-refractivity contribution in [1.82, 2.24) is 4.90 Å². The lowest BCUT2D eigenvalue weighted by Gasteiger charge is -2.34. The predicted octanol–water partition coefficient (Wildman–Crippen LogP) is 6.45. The highest BCUT2D eigenvalue weighted by molar-refractivity contribution is 7.93. The van der Waals surface area contributed by atoms with Gasteiger partial charge in [0.2, 0.25) is 5.91 Å². The van der Waals surface area contributed by atoms with E-state index < -0.39 is 16.1 Å². The van der Waals surface area contributed by atoms with Crippen molar-refractivity contribution in [2.45, 2.75) is 57.9 Å². The van der Waals surface area contributed by atoms with Gasteiger partial charge in [0.25, 0.3) is 15.9 Å². The number of piperidine rings is 1. The molecule has 1 aliphatic rings. The zero-order valence-electron chi connectivity index (χ0n) is 24.3. The highest BCUT2D eigenvalue weighted by Gasteiger charge is 2.33. The maximum absolute atomic E-state index is 13.6. The fourth-order valence-corrected chi connectivity index (χ4v) is 7.24. The van der Waals surface area contributed by atoms with Crippen LogP contribution >= 0.6 is 23.2 Å². The van der Waals surface area contributed by atoms with Gasteiger partial charge in [-0.15, -0.1) is 0 Å². The zero-order valence-corrected chi connectivity index (χ0v) is 26.7. The van der Waals surface area contributed by atoms with E-state index in [1.807, 2.05) is 33.8 Å². The highest BCUT2D eigenvalue weighted by atomic mass is 35.5. The lowest BCUT2D eigenvalue weighted by molar-refractivity contribution is -0.142. The minimum atomic E-state index is -3.82. The van der Waals surface area contributed by atoms with Gasteiger partial charge in [-0.05, 0) is 112 Å². The van der Waals surface area contributed by atoms with Crippen LogP contribution in [0, 0.1) is 27.7 Å². The predicted molar refractivity (Wildman–Crippen MR) is 167 cm³/mol. The molecule has 0 bridgehead atoms. The molecule has 0 saturated carbocycles. The average Bonchev–Trinajstić information content (AvgIpc) is 2.96. The number of likely N-dealkylation sites (tertiary alicyclic amines) is 1. The minimum Gasteiger partial charge on any atom is -0.484 e. The lowest BCUT2D eigenvalue weighted by atomic mass is 10.0.